The molecule has 1 aromatic rings. The fraction of sp³-hybridized carbons (Fsp3) is 0.526. The maximum Gasteiger partial charge on any atom is 0.347 e. The lowest BCUT2D eigenvalue weighted by atomic mass is 9.80. The average Bonchev–Trinajstić information content (AvgIpc) is 2.86. The number of hydrogen-bond acceptors (Lipinski definition) is 3. The molecule has 2 saturated carbocycles. The van der Waals surface area contributed by atoms with Gasteiger partial charge in [0, 0.05) is 17.4 Å². The molecule has 0 radical (unpaired) electrons. The third-order valence-electron chi connectivity index (χ3n) is 5.08. The average molecular weight is 369 g/mol. The van der Waals surface area contributed by atoms with Crippen LogP contribution in [0.1, 0.15) is 39.0 Å². The number of fused-ring (bicyclic) bond motifs is 1. The Morgan fingerprint density at radius 2 is 2.04 bits per heavy atom. The lowest BCUT2D eigenvalue weighted by Gasteiger charge is -2.29. The Bertz CT molecular complexity index is 643. The zero-order valence-electron chi connectivity index (χ0n) is 13.8. The summed E-state index contributed by atoms with van der Waals surface area (Å²) in [6, 6.07) is 4.92. The van der Waals surface area contributed by atoms with Crippen molar-refractivity contribution in [3.63, 3.8) is 0 Å². The molecule has 0 unspecified atom stereocenters. The van der Waals surface area contributed by atoms with Gasteiger partial charge in [-0.1, -0.05) is 48.2 Å². The molecule has 5 heteroatoms. The fourth-order valence-corrected chi connectivity index (χ4v) is 4.31. The van der Waals surface area contributed by atoms with Crippen LogP contribution in [0.4, 0.5) is 0 Å². The second kappa shape index (κ2) is 7.37. The summed E-state index contributed by atoms with van der Waals surface area (Å²) in [5.74, 6) is 1.00. The van der Waals surface area contributed by atoms with Crippen molar-refractivity contribution in [3.8, 4) is 5.75 Å². The first kappa shape index (κ1) is 17.6. The van der Waals surface area contributed by atoms with E-state index in [0.717, 1.165) is 12.8 Å². The van der Waals surface area contributed by atoms with Crippen LogP contribution in [0.25, 0.3) is 0 Å². The molecule has 2 fully saturated rings. The summed E-state index contributed by atoms with van der Waals surface area (Å²) in [4.78, 5) is 12.4. The first-order valence-electron chi connectivity index (χ1n) is 8.45. The molecule has 0 N–H and O–H groups in total. The van der Waals surface area contributed by atoms with Gasteiger partial charge in [0.05, 0.1) is 5.02 Å². The number of rotatable bonds is 4. The van der Waals surface area contributed by atoms with E-state index in [-0.39, 0.29) is 12.1 Å². The van der Waals surface area contributed by atoms with E-state index in [1.54, 1.807) is 25.1 Å². The van der Waals surface area contributed by atoms with Crippen molar-refractivity contribution in [2.75, 3.05) is 0 Å². The lowest BCUT2D eigenvalue weighted by molar-refractivity contribution is -0.159. The predicted molar refractivity (Wildman–Crippen MR) is 95.6 cm³/mol. The van der Waals surface area contributed by atoms with E-state index in [9.17, 15) is 4.79 Å². The summed E-state index contributed by atoms with van der Waals surface area (Å²) in [5.41, 5.74) is 1.23. The highest BCUT2D eigenvalue weighted by Crippen LogP contribution is 2.46. The molecule has 0 aliphatic heterocycles. The van der Waals surface area contributed by atoms with Gasteiger partial charge in [0.1, 0.15) is 11.9 Å². The fourth-order valence-electron chi connectivity index (χ4n) is 3.86. The maximum absolute atomic E-state index is 12.4. The smallest absolute Gasteiger partial charge is 0.347 e. The topological polar surface area (TPSA) is 35.5 Å². The third-order valence-corrected chi connectivity index (χ3v) is 5.61. The van der Waals surface area contributed by atoms with E-state index in [1.165, 1.54) is 24.8 Å². The van der Waals surface area contributed by atoms with E-state index in [1.807, 2.05) is 0 Å². The molecule has 0 heterocycles. The van der Waals surface area contributed by atoms with E-state index in [2.05, 4.69) is 6.58 Å². The van der Waals surface area contributed by atoms with Gasteiger partial charge in [0.2, 0.25) is 0 Å². The molecule has 0 aromatic heterocycles. The molecule has 3 rings (SSSR count). The van der Waals surface area contributed by atoms with Crippen molar-refractivity contribution in [1.82, 2.24) is 0 Å². The van der Waals surface area contributed by atoms with Gasteiger partial charge in [-0.05, 0) is 43.9 Å². The zero-order chi connectivity index (χ0) is 17.3. The molecular formula is C19H22Cl2O3. The molecule has 0 amide bonds. The highest BCUT2D eigenvalue weighted by Gasteiger charge is 2.42. The van der Waals surface area contributed by atoms with Gasteiger partial charge in [-0.2, -0.15) is 0 Å². The first-order valence-corrected chi connectivity index (χ1v) is 9.21. The first-order chi connectivity index (χ1) is 11.5. The molecule has 2 aliphatic rings. The van der Waals surface area contributed by atoms with Crippen LogP contribution in [0, 0.1) is 11.8 Å². The Hall–Kier alpha value is -1.19. The van der Waals surface area contributed by atoms with E-state index in [0.29, 0.717) is 27.6 Å². The van der Waals surface area contributed by atoms with Crippen LogP contribution in [0.3, 0.4) is 0 Å². The van der Waals surface area contributed by atoms with Crippen molar-refractivity contribution < 1.29 is 14.3 Å². The van der Waals surface area contributed by atoms with Crippen LogP contribution < -0.4 is 4.74 Å². The van der Waals surface area contributed by atoms with Crippen LogP contribution in [-0.2, 0) is 9.53 Å². The Kier molecular flexibility index (Phi) is 5.41. The van der Waals surface area contributed by atoms with Gasteiger partial charge in [-0.25, -0.2) is 4.79 Å². The Morgan fingerprint density at radius 3 is 2.79 bits per heavy atom. The normalized spacial score (nSPS) is 27.5. The van der Waals surface area contributed by atoms with E-state index < -0.39 is 6.10 Å². The van der Waals surface area contributed by atoms with Crippen LogP contribution >= 0.6 is 23.2 Å². The van der Waals surface area contributed by atoms with Crippen molar-refractivity contribution in [2.45, 2.75) is 51.2 Å². The SMILES string of the molecule is C=C1C[C@H](OC(=O)[C@@H](C)Oc2ccc(Cl)cc2Cl)[C@H]2CCCC[C@@H]12. The molecule has 4 atom stereocenters. The van der Waals surface area contributed by atoms with Crippen LogP contribution in [0.2, 0.25) is 10.0 Å². The Labute approximate surface area is 152 Å². The predicted octanol–water partition coefficient (Wildman–Crippen LogP) is 5.44. The van der Waals surface area contributed by atoms with Gasteiger partial charge in [0.25, 0.3) is 0 Å². The molecule has 0 bridgehead atoms. The van der Waals surface area contributed by atoms with Crippen molar-refractivity contribution in [3.05, 3.63) is 40.4 Å². The molecule has 130 valence electrons. The van der Waals surface area contributed by atoms with Crippen molar-refractivity contribution in [2.24, 2.45) is 11.8 Å². The van der Waals surface area contributed by atoms with Crippen LogP contribution in [0.5, 0.6) is 5.75 Å². The summed E-state index contributed by atoms with van der Waals surface area (Å²) in [7, 11) is 0. The minimum atomic E-state index is -0.723. The van der Waals surface area contributed by atoms with Crippen LogP contribution in [-0.4, -0.2) is 18.2 Å². The van der Waals surface area contributed by atoms with Crippen LogP contribution in [0.15, 0.2) is 30.4 Å². The molecule has 3 nitrogen and oxygen atoms in total. The summed E-state index contributed by atoms with van der Waals surface area (Å²) >= 11 is 12.0. The Morgan fingerprint density at radius 1 is 1.29 bits per heavy atom. The largest absolute Gasteiger partial charge is 0.477 e. The number of esters is 1. The summed E-state index contributed by atoms with van der Waals surface area (Å²) in [6.45, 7) is 5.85. The minimum Gasteiger partial charge on any atom is -0.477 e. The van der Waals surface area contributed by atoms with Gasteiger partial charge in [-0.15, -0.1) is 0 Å². The Balaban J connectivity index is 1.61. The molecule has 2 aliphatic carbocycles. The molecular weight excluding hydrogens is 347 g/mol. The standard InChI is InChI=1S/C19H22Cl2O3/c1-11-9-18(15-6-4-3-5-14(11)15)24-19(22)12(2)23-17-8-7-13(20)10-16(17)21/h7-8,10,12,14-15,18H,1,3-6,9H2,2H3/t12-,14+,15+,18+/m1/s1. The molecule has 0 saturated heterocycles. The van der Waals surface area contributed by atoms with Gasteiger partial charge in [-0.3, -0.25) is 0 Å². The van der Waals surface area contributed by atoms with Gasteiger partial charge in [0.15, 0.2) is 6.10 Å². The van der Waals surface area contributed by atoms with Crippen molar-refractivity contribution in [1.29, 1.82) is 0 Å². The summed E-state index contributed by atoms with van der Waals surface area (Å²) < 4.78 is 11.4. The van der Waals surface area contributed by atoms with E-state index >= 15 is 0 Å². The molecule has 1 aromatic carbocycles. The highest BCUT2D eigenvalue weighted by molar-refractivity contribution is 6.35. The minimum absolute atomic E-state index is 0.0676. The number of carbonyl (C=O) groups is 1. The summed E-state index contributed by atoms with van der Waals surface area (Å²) in [6.07, 6.45) is 4.71. The maximum atomic E-state index is 12.4. The molecule has 24 heavy (non-hydrogen) atoms. The lowest BCUT2D eigenvalue weighted by Crippen LogP contribution is -2.33. The third kappa shape index (κ3) is 3.73. The second-order valence-electron chi connectivity index (χ2n) is 6.73. The number of hydrogen-bond donors (Lipinski definition) is 0. The van der Waals surface area contributed by atoms with Crippen molar-refractivity contribution >= 4 is 29.2 Å². The number of benzene rings is 1. The monoisotopic (exact) mass is 368 g/mol. The second-order valence-corrected chi connectivity index (χ2v) is 7.57. The van der Waals surface area contributed by atoms with E-state index in [4.69, 9.17) is 32.7 Å². The number of ether oxygens (including phenoxy) is 2. The zero-order valence-corrected chi connectivity index (χ0v) is 15.3. The number of halogens is 2. The summed E-state index contributed by atoms with van der Waals surface area (Å²) in [5, 5.41) is 0.902. The highest BCUT2D eigenvalue weighted by atomic mass is 35.5. The van der Waals surface area contributed by atoms with Gasteiger partial charge >= 0.3 is 5.97 Å². The number of carbonyl (C=O) groups excluding carboxylic acids is 1. The molecule has 0 spiro atoms. The van der Waals surface area contributed by atoms with Gasteiger partial charge < -0.3 is 9.47 Å². The quantitative estimate of drug-likeness (QED) is 0.524.